The van der Waals surface area contributed by atoms with E-state index in [0.29, 0.717) is 18.3 Å². The average Bonchev–Trinajstić information content (AvgIpc) is 3.16. The second-order valence-corrected chi connectivity index (χ2v) is 5.50. The molecule has 1 N–H and O–H groups in total. The van der Waals surface area contributed by atoms with Crippen LogP contribution in [0.3, 0.4) is 0 Å². The molecule has 2 aromatic rings. The normalized spacial score (nSPS) is 14.3. The van der Waals surface area contributed by atoms with Crippen LogP contribution in [-0.2, 0) is 6.61 Å². The maximum atomic E-state index is 10.7. The van der Waals surface area contributed by atoms with Crippen LogP contribution in [0.5, 0.6) is 5.75 Å². The molecule has 1 aromatic carbocycles. The molecule has 19 heavy (non-hydrogen) atoms. The van der Waals surface area contributed by atoms with E-state index >= 15 is 0 Å². The van der Waals surface area contributed by atoms with E-state index in [1.165, 1.54) is 30.7 Å². The van der Waals surface area contributed by atoms with Gasteiger partial charge in [0.1, 0.15) is 17.4 Å². The van der Waals surface area contributed by atoms with Crippen molar-refractivity contribution in [2.45, 2.75) is 25.4 Å². The largest absolute Gasteiger partial charge is 0.486 e. The Morgan fingerprint density at radius 3 is 2.74 bits per heavy atom. The number of carboxylic acid groups (broad SMARTS) is 1. The maximum Gasteiger partial charge on any atom is 0.335 e. The number of aromatic carboxylic acids is 1. The van der Waals surface area contributed by atoms with Crippen molar-refractivity contribution in [2.24, 2.45) is 0 Å². The van der Waals surface area contributed by atoms with E-state index < -0.39 is 5.97 Å². The van der Waals surface area contributed by atoms with Crippen molar-refractivity contribution >= 4 is 17.3 Å². The number of carbonyl (C=O) groups is 1. The van der Waals surface area contributed by atoms with Crippen LogP contribution >= 0.6 is 11.3 Å². The third-order valence-corrected chi connectivity index (χ3v) is 3.87. The van der Waals surface area contributed by atoms with Gasteiger partial charge in [-0.3, -0.25) is 0 Å². The summed E-state index contributed by atoms with van der Waals surface area (Å²) in [6.45, 7) is 0.434. The Kier molecular flexibility index (Phi) is 3.21. The van der Waals surface area contributed by atoms with Gasteiger partial charge in [-0.25, -0.2) is 9.78 Å². The number of ether oxygens (including phenoxy) is 1. The van der Waals surface area contributed by atoms with Crippen molar-refractivity contribution in [1.29, 1.82) is 0 Å². The Hall–Kier alpha value is -1.88. The lowest BCUT2D eigenvalue weighted by Gasteiger charge is -2.04. The Labute approximate surface area is 114 Å². The highest BCUT2D eigenvalue weighted by Gasteiger charge is 2.25. The Balaban J connectivity index is 1.59. The molecule has 0 amide bonds. The van der Waals surface area contributed by atoms with Crippen LogP contribution in [0.25, 0.3) is 0 Å². The van der Waals surface area contributed by atoms with Crippen LogP contribution in [0.15, 0.2) is 29.6 Å². The summed E-state index contributed by atoms with van der Waals surface area (Å²) in [6, 6.07) is 6.40. The van der Waals surface area contributed by atoms with Crippen molar-refractivity contribution < 1.29 is 14.6 Å². The molecule has 0 bridgehead atoms. The van der Waals surface area contributed by atoms with E-state index in [9.17, 15) is 4.79 Å². The fourth-order valence-electron chi connectivity index (χ4n) is 1.80. The van der Waals surface area contributed by atoms with Gasteiger partial charge in [-0.2, -0.15) is 0 Å². The Bertz CT molecular complexity index is 587. The minimum Gasteiger partial charge on any atom is -0.486 e. The molecule has 0 atom stereocenters. The van der Waals surface area contributed by atoms with Crippen molar-refractivity contribution in [3.05, 3.63) is 45.9 Å². The third kappa shape index (κ3) is 2.93. The quantitative estimate of drug-likeness (QED) is 0.909. The molecular formula is C14H13NO3S. The molecule has 1 aliphatic carbocycles. The number of nitrogens with zero attached hydrogens (tertiary/aromatic N) is 1. The Morgan fingerprint density at radius 2 is 2.11 bits per heavy atom. The highest BCUT2D eigenvalue weighted by Crippen LogP contribution is 2.40. The zero-order valence-corrected chi connectivity index (χ0v) is 11.0. The van der Waals surface area contributed by atoms with Gasteiger partial charge in [0.25, 0.3) is 0 Å². The SMILES string of the molecule is O=C(O)c1ccc(OCc2nc(C3CC3)cs2)cc1. The number of hydrogen-bond donors (Lipinski definition) is 1. The number of carboxylic acids is 1. The van der Waals surface area contributed by atoms with Crippen LogP contribution < -0.4 is 4.74 Å². The minimum atomic E-state index is -0.930. The van der Waals surface area contributed by atoms with E-state index in [2.05, 4.69) is 10.4 Å². The topological polar surface area (TPSA) is 59.4 Å². The van der Waals surface area contributed by atoms with Crippen molar-refractivity contribution in [2.75, 3.05) is 0 Å². The smallest absolute Gasteiger partial charge is 0.335 e. The van der Waals surface area contributed by atoms with Crippen molar-refractivity contribution in [3.8, 4) is 5.75 Å². The molecule has 1 fully saturated rings. The molecule has 0 radical (unpaired) electrons. The molecule has 4 nitrogen and oxygen atoms in total. The number of benzene rings is 1. The lowest BCUT2D eigenvalue weighted by molar-refractivity contribution is 0.0697. The van der Waals surface area contributed by atoms with Gasteiger partial charge in [-0.1, -0.05) is 0 Å². The first-order valence-electron chi connectivity index (χ1n) is 6.13. The number of thiazole rings is 1. The predicted molar refractivity (Wildman–Crippen MR) is 71.8 cm³/mol. The molecular weight excluding hydrogens is 262 g/mol. The average molecular weight is 275 g/mol. The molecule has 0 aliphatic heterocycles. The molecule has 98 valence electrons. The molecule has 1 aromatic heterocycles. The fraction of sp³-hybridized carbons (Fsp3) is 0.286. The molecule has 0 unspecified atom stereocenters. The van der Waals surface area contributed by atoms with Gasteiger partial charge in [0.05, 0.1) is 11.3 Å². The van der Waals surface area contributed by atoms with Gasteiger partial charge in [-0.15, -0.1) is 11.3 Å². The highest BCUT2D eigenvalue weighted by atomic mass is 32.1. The van der Waals surface area contributed by atoms with E-state index in [0.717, 1.165) is 5.01 Å². The summed E-state index contributed by atoms with van der Waals surface area (Å²) >= 11 is 1.61. The van der Waals surface area contributed by atoms with E-state index in [-0.39, 0.29) is 5.56 Å². The second-order valence-electron chi connectivity index (χ2n) is 4.56. The first kappa shape index (κ1) is 12.2. The monoisotopic (exact) mass is 275 g/mol. The number of hydrogen-bond acceptors (Lipinski definition) is 4. The van der Waals surface area contributed by atoms with E-state index in [4.69, 9.17) is 9.84 Å². The van der Waals surface area contributed by atoms with Gasteiger partial charge >= 0.3 is 5.97 Å². The van der Waals surface area contributed by atoms with Crippen molar-refractivity contribution in [1.82, 2.24) is 4.98 Å². The van der Waals surface area contributed by atoms with Gasteiger partial charge in [0, 0.05) is 11.3 Å². The first-order chi connectivity index (χ1) is 9.22. The standard InChI is InChI=1S/C14H13NO3S/c16-14(17)10-3-5-11(6-4-10)18-7-13-15-12(8-19-13)9-1-2-9/h3-6,8-9H,1-2,7H2,(H,16,17). The predicted octanol–water partition coefficient (Wildman–Crippen LogP) is 3.30. The molecule has 0 saturated heterocycles. The summed E-state index contributed by atoms with van der Waals surface area (Å²) in [5.41, 5.74) is 1.45. The first-order valence-corrected chi connectivity index (χ1v) is 7.01. The summed E-state index contributed by atoms with van der Waals surface area (Å²) in [6.07, 6.45) is 2.50. The van der Waals surface area contributed by atoms with Crippen LogP contribution in [0.4, 0.5) is 0 Å². The summed E-state index contributed by atoms with van der Waals surface area (Å²) in [7, 11) is 0. The summed E-state index contributed by atoms with van der Waals surface area (Å²) in [5, 5.41) is 11.9. The van der Waals surface area contributed by atoms with Crippen LogP contribution in [0.2, 0.25) is 0 Å². The van der Waals surface area contributed by atoms with E-state index in [1.807, 2.05) is 0 Å². The highest BCUT2D eigenvalue weighted by molar-refractivity contribution is 7.09. The summed E-state index contributed by atoms with van der Waals surface area (Å²) in [5.74, 6) is 0.397. The van der Waals surface area contributed by atoms with Crippen LogP contribution in [-0.4, -0.2) is 16.1 Å². The molecule has 3 rings (SSSR count). The van der Waals surface area contributed by atoms with Gasteiger partial charge in [-0.05, 0) is 37.1 Å². The van der Waals surface area contributed by atoms with E-state index in [1.54, 1.807) is 23.5 Å². The summed E-state index contributed by atoms with van der Waals surface area (Å²) in [4.78, 5) is 15.2. The second kappa shape index (κ2) is 5.01. The zero-order valence-electron chi connectivity index (χ0n) is 10.2. The Morgan fingerprint density at radius 1 is 1.37 bits per heavy atom. The van der Waals surface area contributed by atoms with Crippen LogP contribution in [0.1, 0.15) is 39.8 Å². The number of rotatable bonds is 5. The molecule has 0 spiro atoms. The third-order valence-electron chi connectivity index (χ3n) is 3.03. The maximum absolute atomic E-state index is 10.7. The van der Waals surface area contributed by atoms with Gasteiger partial charge in [0.2, 0.25) is 0 Å². The fourth-order valence-corrected chi connectivity index (χ4v) is 2.58. The minimum absolute atomic E-state index is 0.262. The lowest BCUT2D eigenvalue weighted by atomic mass is 10.2. The lowest BCUT2D eigenvalue weighted by Crippen LogP contribution is -1.98. The van der Waals surface area contributed by atoms with Gasteiger partial charge in [0.15, 0.2) is 0 Å². The summed E-state index contributed by atoms with van der Waals surface area (Å²) < 4.78 is 5.60. The number of aromatic nitrogens is 1. The molecule has 1 aliphatic rings. The molecule has 1 saturated carbocycles. The van der Waals surface area contributed by atoms with Crippen molar-refractivity contribution in [3.63, 3.8) is 0 Å². The zero-order chi connectivity index (χ0) is 13.2. The molecule has 5 heteroatoms. The molecule has 1 heterocycles. The van der Waals surface area contributed by atoms with Crippen LogP contribution in [0, 0.1) is 0 Å². The van der Waals surface area contributed by atoms with Gasteiger partial charge < -0.3 is 9.84 Å².